The van der Waals surface area contributed by atoms with E-state index in [1.807, 2.05) is 13.8 Å². The molecule has 0 saturated carbocycles. The van der Waals surface area contributed by atoms with Gasteiger partial charge in [0.05, 0.1) is 12.2 Å². The Morgan fingerprint density at radius 2 is 1.52 bits per heavy atom. The van der Waals surface area contributed by atoms with Crippen LogP contribution in [0.5, 0.6) is 5.75 Å². The van der Waals surface area contributed by atoms with E-state index in [0.717, 1.165) is 0 Å². The van der Waals surface area contributed by atoms with E-state index >= 15 is 0 Å². The Morgan fingerprint density at radius 3 is 2.07 bits per heavy atom. The summed E-state index contributed by atoms with van der Waals surface area (Å²) in [4.78, 5) is 26.5. The van der Waals surface area contributed by atoms with Crippen LogP contribution in [0.1, 0.15) is 29.8 Å². The lowest BCUT2D eigenvalue weighted by molar-refractivity contribution is -0.145. The molecule has 1 fully saturated rings. The molecule has 0 N–H and O–H groups in total. The lowest BCUT2D eigenvalue weighted by atomic mass is 10.0. The van der Waals surface area contributed by atoms with Crippen LogP contribution in [-0.2, 0) is 9.53 Å². The molecule has 1 saturated heterocycles. The highest BCUT2D eigenvalue weighted by Gasteiger charge is 2.26. The summed E-state index contributed by atoms with van der Waals surface area (Å²) in [6.45, 7) is 5.01. The largest absolute Gasteiger partial charge is 0.484 e. The maximum atomic E-state index is 12.4. The van der Waals surface area contributed by atoms with E-state index in [4.69, 9.17) is 21.1 Å². The molecule has 27 heavy (non-hydrogen) atoms. The van der Waals surface area contributed by atoms with Crippen molar-refractivity contribution in [3.63, 3.8) is 0 Å². The number of nitrogens with zero attached hydrogens (tertiary/aromatic N) is 1. The third kappa shape index (κ3) is 5.08. The van der Waals surface area contributed by atoms with Gasteiger partial charge in [0.2, 0.25) is 0 Å². The lowest BCUT2D eigenvalue weighted by Crippen LogP contribution is -2.49. The first-order valence-electron chi connectivity index (χ1n) is 8.88. The molecule has 0 radical (unpaired) electrons. The van der Waals surface area contributed by atoms with E-state index in [1.54, 1.807) is 53.4 Å². The van der Waals surface area contributed by atoms with Crippen molar-refractivity contribution in [2.75, 3.05) is 19.7 Å². The van der Waals surface area contributed by atoms with Gasteiger partial charge in [-0.25, -0.2) is 0 Å². The zero-order chi connectivity index (χ0) is 19.4. The fourth-order valence-electron chi connectivity index (χ4n) is 3.09. The molecular weight excluding hydrogens is 366 g/mol. The zero-order valence-electron chi connectivity index (χ0n) is 15.4. The lowest BCUT2D eigenvalue weighted by Gasteiger charge is -2.35. The first-order chi connectivity index (χ1) is 12.9. The number of carbonyl (C=O) groups is 2. The quantitative estimate of drug-likeness (QED) is 0.736. The number of amides is 1. The summed E-state index contributed by atoms with van der Waals surface area (Å²) < 4.78 is 11.2. The minimum absolute atomic E-state index is 0.0239. The van der Waals surface area contributed by atoms with Crippen molar-refractivity contribution < 1.29 is 19.1 Å². The topological polar surface area (TPSA) is 55.8 Å². The van der Waals surface area contributed by atoms with Gasteiger partial charge in [-0.15, -0.1) is 0 Å². The molecule has 2 aromatic carbocycles. The van der Waals surface area contributed by atoms with Crippen LogP contribution in [0.3, 0.4) is 0 Å². The predicted molar refractivity (Wildman–Crippen MR) is 103 cm³/mol. The molecule has 2 aromatic rings. The van der Waals surface area contributed by atoms with E-state index in [-0.39, 0.29) is 30.5 Å². The second-order valence-corrected chi connectivity index (χ2v) is 7.14. The summed E-state index contributed by atoms with van der Waals surface area (Å²) in [6.07, 6.45) is 0.0479. The number of morpholine rings is 1. The van der Waals surface area contributed by atoms with Crippen molar-refractivity contribution >= 4 is 23.3 Å². The molecule has 0 aliphatic carbocycles. The Balaban J connectivity index is 1.57. The van der Waals surface area contributed by atoms with E-state index in [9.17, 15) is 9.59 Å². The SMILES string of the molecule is C[C@H]1CN(C(=O)COc2ccc(C(=O)c3ccc(Cl)cc3)cc2)C[C@H](C)O1. The Bertz CT molecular complexity index is 794. The standard InChI is InChI=1S/C21H22ClNO4/c1-14-11-23(12-15(2)27-14)20(24)13-26-19-9-5-17(6-10-19)21(25)16-3-7-18(22)8-4-16/h3-10,14-15H,11-13H2,1-2H3/t14-,15-/m0/s1. The summed E-state index contributed by atoms with van der Waals surface area (Å²) in [6, 6.07) is 13.5. The summed E-state index contributed by atoms with van der Waals surface area (Å²) >= 11 is 5.85. The van der Waals surface area contributed by atoms with Gasteiger partial charge in [0.15, 0.2) is 12.4 Å². The average Bonchev–Trinajstić information content (AvgIpc) is 2.66. The van der Waals surface area contributed by atoms with Gasteiger partial charge in [-0.05, 0) is 62.4 Å². The second kappa shape index (κ2) is 8.55. The fourth-order valence-corrected chi connectivity index (χ4v) is 3.21. The van der Waals surface area contributed by atoms with Gasteiger partial charge < -0.3 is 14.4 Å². The summed E-state index contributed by atoms with van der Waals surface area (Å²) in [5, 5.41) is 0.587. The molecule has 0 aromatic heterocycles. The number of carbonyl (C=O) groups excluding carboxylic acids is 2. The van der Waals surface area contributed by atoms with E-state index in [0.29, 0.717) is 35.0 Å². The number of ether oxygens (including phenoxy) is 2. The molecule has 5 nitrogen and oxygen atoms in total. The first-order valence-corrected chi connectivity index (χ1v) is 9.26. The Morgan fingerprint density at radius 1 is 1.00 bits per heavy atom. The van der Waals surface area contributed by atoms with Crippen LogP contribution in [0, 0.1) is 0 Å². The monoisotopic (exact) mass is 387 g/mol. The molecule has 1 heterocycles. The third-order valence-electron chi connectivity index (χ3n) is 4.36. The third-order valence-corrected chi connectivity index (χ3v) is 4.61. The molecule has 6 heteroatoms. The highest BCUT2D eigenvalue weighted by molar-refractivity contribution is 6.30. The fraction of sp³-hybridized carbons (Fsp3) is 0.333. The Kier molecular flexibility index (Phi) is 6.14. The van der Waals surface area contributed by atoms with Crippen LogP contribution in [0.25, 0.3) is 0 Å². The minimum atomic E-state index is -0.0921. The van der Waals surface area contributed by atoms with Gasteiger partial charge in [-0.2, -0.15) is 0 Å². The highest BCUT2D eigenvalue weighted by Crippen LogP contribution is 2.18. The Labute approximate surface area is 163 Å². The molecule has 3 rings (SSSR count). The van der Waals surface area contributed by atoms with Gasteiger partial charge in [0.1, 0.15) is 5.75 Å². The second-order valence-electron chi connectivity index (χ2n) is 6.71. The van der Waals surface area contributed by atoms with Crippen molar-refractivity contribution in [1.29, 1.82) is 0 Å². The maximum Gasteiger partial charge on any atom is 0.260 e. The Hall–Kier alpha value is -2.37. The average molecular weight is 388 g/mol. The minimum Gasteiger partial charge on any atom is -0.484 e. The van der Waals surface area contributed by atoms with Crippen molar-refractivity contribution in [2.45, 2.75) is 26.1 Å². The normalized spacial score (nSPS) is 19.6. The van der Waals surface area contributed by atoms with E-state index in [2.05, 4.69) is 0 Å². The van der Waals surface area contributed by atoms with Crippen LogP contribution in [0.15, 0.2) is 48.5 Å². The van der Waals surface area contributed by atoms with Gasteiger partial charge >= 0.3 is 0 Å². The summed E-state index contributed by atoms with van der Waals surface area (Å²) in [7, 11) is 0. The molecule has 0 unspecified atom stereocenters. The van der Waals surface area contributed by atoms with Gasteiger partial charge in [-0.1, -0.05) is 11.6 Å². The van der Waals surface area contributed by atoms with E-state index in [1.165, 1.54) is 0 Å². The number of benzene rings is 2. The van der Waals surface area contributed by atoms with Gasteiger partial charge in [0.25, 0.3) is 5.91 Å². The molecular formula is C21H22ClNO4. The zero-order valence-corrected chi connectivity index (χ0v) is 16.1. The summed E-state index contributed by atoms with van der Waals surface area (Å²) in [5.74, 6) is 0.384. The molecule has 0 spiro atoms. The molecule has 1 aliphatic rings. The molecule has 0 bridgehead atoms. The first kappa shape index (κ1) is 19.4. The predicted octanol–water partition coefficient (Wildman–Crippen LogP) is 3.59. The number of halogens is 1. The van der Waals surface area contributed by atoms with Crippen molar-refractivity contribution in [3.8, 4) is 5.75 Å². The molecule has 2 atom stereocenters. The summed E-state index contributed by atoms with van der Waals surface area (Å²) in [5.41, 5.74) is 1.12. The number of hydrogen-bond donors (Lipinski definition) is 0. The van der Waals surface area contributed by atoms with Crippen molar-refractivity contribution in [3.05, 3.63) is 64.7 Å². The van der Waals surface area contributed by atoms with Crippen LogP contribution in [0.4, 0.5) is 0 Å². The number of rotatable bonds is 5. The van der Waals surface area contributed by atoms with Gasteiger partial charge in [0, 0.05) is 29.2 Å². The van der Waals surface area contributed by atoms with Crippen LogP contribution < -0.4 is 4.74 Å². The number of hydrogen-bond acceptors (Lipinski definition) is 4. The van der Waals surface area contributed by atoms with Crippen molar-refractivity contribution in [2.24, 2.45) is 0 Å². The molecule has 1 aliphatic heterocycles. The van der Waals surface area contributed by atoms with E-state index < -0.39 is 0 Å². The smallest absolute Gasteiger partial charge is 0.260 e. The van der Waals surface area contributed by atoms with Crippen LogP contribution >= 0.6 is 11.6 Å². The molecule has 142 valence electrons. The number of ketones is 1. The van der Waals surface area contributed by atoms with Crippen molar-refractivity contribution in [1.82, 2.24) is 4.90 Å². The van der Waals surface area contributed by atoms with Gasteiger partial charge in [-0.3, -0.25) is 9.59 Å². The highest BCUT2D eigenvalue weighted by atomic mass is 35.5. The molecule has 1 amide bonds. The maximum absolute atomic E-state index is 12.4. The van der Waals surface area contributed by atoms with Crippen LogP contribution in [0.2, 0.25) is 5.02 Å². The van der Waals surface area contributed by atoms with Crippen LogP contribution in [-0.4, -0.2) is 48.5 Å².